The zero-order chi connectivity index (χ0) is 23.1. The zero-order valence-electron chi connectivity index (χ0n) is 19.3. The minimum absolute atomic E-state index is 0.0945. The molecule has 0 atom stereocenters. The van der Waals surface area contributed by atoms with Gasteiger partial charge in [0, 0.05) is 38.9 Å². The first-order valence-electron chi connectivity index (χ1n) is 11.2. The largest absolute Gasteiger partial charge is 0.491 e. The Hall–Kier alpha value is -2.87. The van der Waals surface area contributed by atoms with Gasteiger partial charge in [-0.05, 0) is 62.9 Å². The number of nitrogens with one attached hydrogen (secondary N) is 2. The summed E-state index contributed by atoms with van der Waals surface area (Å²) >= 11 is 0. The summed E-state index contributed by atoms with van der Waals surface area (Å²) in [6, 6.07) is 5.47. The molecule has 3 rings (SSSR count). The Labute approximate surface area is 189 Å². The van der Waals surface area contributed by atoms with E-state index in [-0.39, 0.29) is 23.4 Å². The predicted molar refractivity (Wildman–Crippen MR) is 123 cm³/mol. The fourth-order valence-corrected chi connectivity index (χ4v) is 3.96. The van der Waals surface area contributed by atoms with Crippen LogP contribution in [0.2, 0.25) is 0 Å². The zero-order valence-corrected chi connectivity index (χ0v) is 19.3. The van der Waals surface area contributed by atoms with Crippen LogP contribution in [0.1, 0.15) is 48.2 Å². The quantitative estimate of drug-likeness (QED) is 0.613. The molecule has 0 saturated carbocycles. The van der Waals surface area contributed by atoms with Gasteiger partial charge in [-0.1, -0.05) is 0 Å². The predicted octanol–water partition coefficient (Wildman–Crippen LogP) is 3.76. The summed E-state index contributed by atoms with van der Waals surface area (Å²) in [6.45, 7) is 8.73. The molecule has 0 spiro atoms. The fourth-order valence-electron chi connectivity index (χ4n) is 3.96. The van der Waals surface area contributed by atoms with E-state index in [2.05, 4.69) is 20.5 Å². The van der Waals surface area contributed by atoms with Crippen LogP contribution < -0.4 is 20.1 Å². The number of pyridine rings is 1. The summed E-state index contributed by atoms with van der Waals surface area (Å²) in [7, 11) is 1.81. The minimum Gasteiger partial charge on any atom is -0.491 e. The maximum atomic E-state index is 14.5. The molecule has 0 radical (unpaired) electrons. The van der Waals surface area contributed by atoms with Crippen LogP contribution in [0.4, 0.5) is 10.2 Å². The van der Waals surface area contributed by atoms with Crippen LogP contribution >= 0.6 is 0 Å². The number of carbonyl (C=O) groups excluding carboxylic acids is 1. The van der Waals surface area contributed by atoms with Gasteiger partial charge in [0.15, 0.2) is 11.5 Å². The number of anilines is 1. The SMILES string of the molecule is CCOc1cc(CN2CCC(NC(=O)c3cnc(NC)c(C)c3)CC2)cc(OCC)c1F. The second-order valence-corrected chi connectivity index (χ2v) is 7.94. The monoisotopic (exact) mass is 444 g/mol. The van der Waals surface area contributed by atoms with Gasteiger partial charge >= 0.3 is 0 Å². The Morgan fingerprint density at radius 1 is 1.16 bits per heavy atom. The van der Waals surface area contributed by atoms with E-state index >= 15 is 0 Å². The fraction of sp³-hybridized carbons (Fsp3) is 0.500. The number of aryl methyl sites for hydroxylation is 1. The van der Waals surface area contributed by atoms with E-state index in [0.29, 0.717) is 25.3 Å². The lowest BCUT2D eigenvalue weighted by Crippen LogP contribution is -2.44. The second-order valence-electron chi connectivity index (χ2n) is 7.94. The van der Waals surface area contributed by atoms with Gasteiger partial charge in [-0.2, -0.15) is 4.39 Å². The van der Waals surface area contributed by atoms with Crippen LogP contribution in [-0.2, 0) is 6.54 Å². The van der Waals surface area contributed by atoms with E-state index in [1.165, 1.54) is 0 Å². The molecule has 2 aromatic rings. The van der Waals surface area contributed by atoms with Crippen LogP contribution in [0.25, 0.3) is 0 Å². The summed E-state index contributed by atoms with van der Waals surface area (Å²) < 4.78 is 25.4. The van der Waals surface area contributed by atoms with Gasteiger partial charge in [-0.15, -0.1) is 0 Å². The number of hydrogen-bond acceptors (Lipinski definition) is 6. The van der Waals surface area contributed by atoms with Crippen molar-refractivity contribution in [2.24, 2.45) is 0 Å². The van der Waals surface area contributed by atoms with E-state index in [4.69, 9.17) is 9.47 Å². The van der Waals surface area contributed by atoms with Gasteiger partial charge in [-0.3, -0.25) is 9.69 Å². The Bertz CT molecular complexity index is 902. The van der Waals surface area contributed by atoms with E-state index < -0.39 is 5.82 Å². The molecule has 1 aromatic heterocycles. The highest BCUT2D eigenvalue weighted by Crippen LogP contribution is 2.30. The van der Waals surface area contributed by atoms with Crippen LogP contribution in [0.15, 0.2) is 24.4 Å². The van der Waals surface area contributed by atoms with Crippen molar-refractivity contribution in [2.75, 3.05) is 38.7 Å². The van der Waals surface area contributed by atoms with Crippen molar-refractivity contribution in [3.8, 4) is 11.5 Å². The molecule has 1 aliphatic rings. The average Bonchev–Trinajstić information content (AvgIpc) is 2.78. The number of aromatic nitrogens is 1. The molecule has 7 nitrogen and oxygen atoms in total. The van der Waals surface area contributed by atoms with Crippen molar-refractivity contribution in [1.82, 2.24) is 15.2 Å². The molecule has 32 heavy (non-hydrogen) atoms. The summed E-state index contributed by atoms with van der Waals surface area (Å²) in [6.07, 6.45) is 3.30. The highest BCUT2D eigenvalue weighted by Gasteiger charge is 2.23. The number of nitrogens with zero attached hydrogens (tertiary/aromatic N) is 2. The molecule has 1 aliphatic heterocycles. The normalized spacial score (nSPS) is 14.8. The standard InChI is InChI=1S/C24H33FN4O3/c1-5-31-20-12-17(13-21(22(20)25)32-6-2)15-29-9-7-19(8-10-29)28-24(30)18-11-16(3)23(26-4)27-14-18/h11-14,19H,5-10,15H2,1-4H3,(H,26,27)(H,28,30). The van der Waals surface area contributed by atoms with Crippen LogP contribution in [0.5, 0.6) is 11.5 Å². The highest BCUT2D eigenvalue weighted by atomic mass is 19.1. The third-order valence-electron chi connectivity index (χ3n) is 5.57. The summed E-state index contributed by atoms with van der Waals surface area (Å²) in [5.74, 6) is 0.678. The van der Waals surface area contributed by atoms with Crippen molar-refractivity contribution in [1.29, 1.82) is 0 Å². The van der Waals surface area contributed by atoms with Crippen molar-refractivity contribution < 1.29 is 18.7 Å². The molecule has 1 amide bonds. The highest BCUT2D eigenvalue weighted by molar-refractivity contribution is 5.94. The molecular weight excluding hydrogens is 411 g/mol. The van der Waals surface area contributed by atoms with Crippen LogP contribution in [0.3, 0.4) is 0 Å². The number of halogens is 1. The lowest BCUT2D eigenvalue weighted by molar-refractivity contribution is 0.0908. The van der Waals surface area contributed by atoms with Gasteiger partial charge in [0.25, 0.3) is 5.91 Å². The van der Waals surface area contributed by atoms with E-state index in [9.17, 15) is 9.18 Å². The maximum absolute atomic E-state index is 14.5. The van der Waals surface area contributed by atoms with Crippen molar-refractivity contribution >= 4 is 11.7 Å². The third kappa shape index (κ3) is 5.88. The molecule has 174 valence electrons. The number of benzene rings is 1. The number of ether oxygens (including phenoxy) is 2. The van der Waals surface area contributed by atoms with Gasteiger partial charge in [0.1, 0.15) is 5.82 Å². The first-order chi connectivity index (χ1) is 15.4. The molecule has 1 saturated heterocycles. The number of rotatable bonds is 9. The molecule has 0 aliphatic carbocycles. The summed E-state index contributed by atoms with van der Waals surface area (Å²) in [4.78, 5) is 19.2. The van der Waals surface area contributed by atoms with E-state index in [1.807, 2.05) is 33.9 Å². The molecule has 1 aromatic carbocycles. The summed E-state index contributed by atoms with van der Waals surface area (Å²) in [5.41, 5.74) is 2.46. The number of carbonyl (C=O) groups is 1. The maximum Gasteiger partial charge on any atom is 0.253 e. The lowest BCUT2D eigenvalue weighted by Gasteiger charge is -2.32. The van der Waals surface area contributed by atoms with Crippen LogP contribution in [0, 0.1) is 12.7 Å². The molecule has 1 fully saturated rings. The number of likely N-dealkylation sites (tertiary alicyclic amines) is 1. The first-order valence-corrected chi connectivity index (χ1v) is 11.2. The van der Waals surface area contributed by atoms with Crippen molar-refractivity contribution in [3.63, 3.8) is 0 Å². The molecule has 0 unspecified atom stereocenters. The van der Waals surface area contributed by atoms with Crippen LogP contribution in [-0.4, -0.2) is 55.2 Å². The Morgan fingerprint density at radius 2 is 1.78 bits per heavy atom. The molecular formula is C24H33FN4O3. The average molecular weight is 445 g/mol. The Morgan fingerprint density at radius 3 is 2.31 bits per heavy atom. The van der Waals surface area contributed by atoms with Gasteiger partial charge in [0.05, 0.1) is 18.8 Å². The number of piperidine rings is 1. The third-order valence-corrected chi connectivity index (χ3v) is 5.57. The number of hydrogen-bond donors (Lipinski definition) is 2. The van der Waals surface area contributed by atoms with E-state index in [0.717, 1.165) is 42.9 Å². The first kappa shape index (κ1) is 23.8. The lowest BCUT2D eigenvalue weighted by atomic mass is 10.0. The topological polar surface area (TPSA) is 75.7 Å². The second kappa shape index (κ2) is 11.1. The van der Waals surface area contributed by atoms with Crippen molar-refractivity contribution in [3.05, 3.63) is 46.9 Å². The van der Waals surface area contributed by atoms with E-state index in [1.54, 1.807) is 18.3 Å². The molecule has 2 N–H and O–H groups in total. The summed E-state index contributed by atoms with van der Waals surface area (Å²) in [5, 5.41) is 6.13. The molecule has 0 bridgehead atoms. The van der Waals surface area contributed by atoms with Gasteiger partial charge < -0.3 is 20.1 Å². The number of amides is 1. The Balaban J connectivity index is 1.57. The van der Waals surface area contributed by atoms with Crippen molar-refractivity contribution in [2.45, 2.75) is 46.2 Å². The molecule has 2 heterocycles. The smallest absolute Gasteiger partial charge is 0.253 e. The van der Waals surface area contributed by atoms with Gasteiger partial charge in [-0.25, -0.2) is 4.98 Å². The minimum atomic E-state index is -0.452. The van der Waals surface area contributed by atoms with Gasteiger partial charge in [0.2, 0.25) is 5.82 Å². The molecule has 8 heteroatoms. The Kier molecular flexibility index (Phi) is 8.27.